The molecule has 1 aromatic heterocycles. The molecule has 2 aromatic carbocycles. The third-order valence-electron chi connectivity index (χ3n) is 6.76. The Balaban J connectivity index is 1.42. The van der Waals surface area contributed by atoms with Gasteiger partial charge >= 0.3 is 12.1 Å². The van der Waals surface area contributed by atoms with Gasteiger partial charge in [0.15, 0.2) is 0 Å². The molecule has 4 rings (SSSR count). The van der Waals surface area contributed by atoms with Gasteiger partial charge in [-0.3, -0.25) is 9.59 Å². The average molecular weight is 740 g/mol. The molecule has 3 aromatic rings. The maximum Gasteiger partial charge on any atom is 0.433 e. The number of alkyl halides is 3. The van der Waals surface area contributed by atoms with Gasteiger partial charge in [0, 0.05) is 40.3 Å². The van der Waals surface area contributed by atoms with Crippen LogP contribution in [0.3, 0.4) is 0 Å². The zero-order valence-electron chi connectivity index (χ0n) is 23.3. The summed E-state index contributed by atoms with van der Waals surface area (Å²) in [5.41, 5.74) is 0.485. The number of anilines is 1. The first kappa shape index (κ1) is 33.2. The average Bonchev–Trinajstić information content (AvgIpc) is 3.01. The van der Waals surface area contributed by atoms with Crippen molar-refractivity contribution in [2.45, 2.75) is 30.8 Å². The Morgan fingerprint density at radius 1 is 1.07 bits per heavy atom. The van der Waals surface area contributed by atoms with Crippen molar-refractivity contribution in [3.8, 4) is 0 Å². The van der Waals surface area contributed by atoms with Crippen LogP contribution in [0.25, 0.3) is 6.08 Å². The zero-order valence-corrected chi connectivity index (χ0v) is 26.2. The fourth-order valence-corrected chi connectivity index (χ4v) is 5.77. The second-order valence-electron chi connectivity index (χ2n) is 9.96. The molecule has 2 heterocycles. The predicted octanol–water partition coefficient (Wildman–Crippen LogP) is 4.98. The number of piperidine rings is 1. The molecule has 1 saturated heterocycles. The van der Waals surface area contributed by atoms with Gasteiger partial charge in [-0.05, 0) is 70.8 Å². The van der Waals surface area contributed by atoms with Crippen LogP contribution in [0.5, 0.6) is 0 Å². The normalized spacial score (nSPS) is 15.0. The topological polar surface area (TPSA) is 125 Å². The molecule has 2 amide bonds. The molecular weight excluding hydrogens is 710 g/mol. The van der Waals surface area contributed by atoms with E-state index in [4.69, 9.17) is 0 Å². The molecule has 232 valence electrons. The van der Waals surface area contributed by atoms with E-state index in [0.717, 1.165) is 21.4 Å². The number of hydrogen-bond acceptors (Lipinski definition) is 7. The van der Waals surface area contributed by atoms with E-state index < -0.39 is 41.6 Å². The maximum atomic E-state index is 13.3. The summed E-state index contributed by atoms with van der Waals surface area (Å²) in [7, 11) is 0. The summed E-state index contributed by atoms with van der Waals surface area (Å²) in [4.78, 5) is 47.8. The predicted molar refractivity (Wildman–Crippen MR) is 169 cm³/mol. The molecule has 14 heteroatoms. The Hall–Kier alpha value is -3.66. The van der Waals surface area contributed by atoms with E-state index in [9.17, 15) is 32.7 Å². The summed E-state index contributed by atoms with van der Waals surface area (Å²) >= 11 is 3.50. The minimum absolute atomic E-state index is 0.0674. The van der Waals surface area contributed by atoms with E-state index in [0.29, 0.717) is 11.3 Å². The van der Waals surface area contributed by atoms with Crippen molar-refractivity contribution < 1.29 is 32.7 Å². The number of nitrogens with one attached hydrogen (secondary N) is 2. The minimum Gasteiger partial charge on any atom is -0.480 e. The highest BCUT2D eigenvalue weighted by Crippen LogP contribution is 2.29. The molecule has 0 bridgehead atoms. The van der Waals surface area contributed by atoms with Crippen LogP contribution in [0.1, 0.15) is 29.7 Å². The first-order chi connectivity index (χ1) is 21.0. The van der Waals surface area contributed by atoms with Crippen LogP contribution < -0.4 is 15.5 Å². The van der Waals surface area contributed by atoms with Crippen LogP contribution in [0.15, 0.2) is 72.6 Å². The Morgan fingerprint density at radius 2 is 1.75 bits per heavy atom. The van der Waals surface area contributed by atoms with Gasteiger partial charge in [-0.15, -0.1) is 0 Å². The number of amides is 2. The molecule has 1 aliphatic rings. The van der Waals surface area contributed by atoms with Crippen molar-refractivity contribution in [2.75, 3.05) is 23.7 Å². The van der Waals surface area contributed by atoms with Crippen molar-refractivity contribution in [2.24, 2.45) is 5.92 Å². The summed E-state index contributed by atoms with van der Waals surface area (Å²) in [6.45, 7) is 0.475. The summed E-state index contributed by atoms with van der Waals surface area (Å²) in [5, 5.41) is 15.0. The van der Waals surface area contributed by atoms with E-state index in [1.165, 1.54) is 17.8 Å². The van der Waals surface area contributed by atoms with E-state index in [2.05, 4.69) is 43.2 Å². The molecule has 44 heavy (non-hydrogen) atoms. The second kappa shape index (κ2) is 15.4. The summed E-state index contributed by atoms with van der Waals surface area (Å²) in [5.74, 6) is -2.35. The number of benzene rings is 2. The molecule has 1 fully saturated rings. The number of rotatable bonds is 11. The minimum atomic E-state index is -4.60. The Labute approximate surface area is 269 Å². The van der Waals surface area contributed by atoms with Gasteiger partial charge in [-0.1, -0.05) is 42.5 Å². The third kappa shape index (κ3) is 9.67. The molecule has 9 nitrogen and oxygen atoms in total. The molecule has 0 unspecified atom stereocenters. The summed E-state index contributed by atoms with van der Waals surface area (Å²) in [6, 6.07) is 16.3. The Kier molecular flexibility index (Phi) is 11.6. The van der Waals surface area contributed by atoms with Gasteiger partial charge in [0.05, 0.1) is 0 Å². The first-order valence-electron chi connectivity index (χ1n) is 13.6. The number of hydrogen-bond donors (Lipinski definition) is 3. The fourth-order valence-electron chi connectivity index (χ4n) is 4.40. The van der Waals surface area contributed by atoms with Crippen LogP contribution in [0.2, 0.25) is 0 Å². The van der Waals surface area contributed by atoms with Crippen molar-refractivity contribution in [3.05, 3.63) is 92.9 Å². The lowest BCUT2D eigenvalue weighted by molar-refractivity contribution is -0.141. The molecule has 0 saturated carbocycles. The van der Waals surface area contributed by atoms with Gasteiger partial charge in [0.25, 0.3) is 5.91 Å². The van der Waals surface area contributed by atoms with Gasteiger partial charge in [-0.25, -0.2) is 14.8 Å². The van der Waals surface area contributed by atoms with Crippen LogP contribution in [-0.2, 0) is 26.3 Å². The lowest BCUT2D eigenvalue weighted by Crippen LogP contribution is -2.47. The molecule has 1 aliphatic heterocycles. The third-order valence-corrected chi connectivity index (χ3v) is 8.59. The van der Waals surface area contributed by atoms with E-state index in [-0.39, 0.29) is 43.3 Å². The summed E-state index contributed by atoms with van der Waals surface area (Å²) < 4.78 is 40.2. The van der Waals surface area contributed by atoms with Crippen molar-refractivity contribution in [1.82, 2.24) is 20.6 Å². The smallest absolute Gasteiger partial charge is 0.433 e. The van der Waals surface area contributed by atoms with Crippen LogP contribution in [0, 0.1) is 9.49 Å². The van der Waals surface area contributed by atoms with Gasteiger partial charge in [0.1, 0.15) is 17.4 Å². The van der Waals surface area contributed by atoms with Crippen molar-refractivity contribution in [3.63, 3.8) is 0 Å². The van der Waals surface area contributed by atoms with Crippen molar-refractivity contribution >= 4 is 64.2 Å². The van der Waals surface area contributed by atoms with Gasteiger partial charge in [0.2, 0.25) is 11.9 Å². The van der Waals surface area contributed by atoms with E-state index >= 15 is 0 Å². The molecule has 0 aliphatic carbocycles. The first-order valence-corrected chi connectivity index (χ1v) is 15.8. The molecule has 1 atom stereocenters. The number of carboxylic acids is 1. The Bertz CT molecular complexity index is 1480. The monoisotopic (exact) mass is 739 g/mol. The van der Waals surface area contributed by atoms with Gasteiger partial charge < -0.3 is 20.6 Å². The second-order valence-corrected chi connectivity index (χ2v) is 12.2. The fraction of sp³-hybridized carbons (Fsp3) is 0.300. The molecule has 0 radical (unpaired) electrons. The van der Waals surface area contributed by atoms with Crippen molar-refractivity contribution in [1.29, 1.82) is 0 Å². The highest BCUT2D eigenvalue weighted by Gasteiger charge is 2.34. The Morgan fingerprint density at radius 3 is 2.39 bits per heavy atom. The zero-order chi connectivity index (χ0) is 31.7. The SMILES string of the molecule is O=C(N[C@@H](CSCc1ccccc1)C(=O)O)C(=Cc1ccc(I)cc1)NC(=O)C1CCN(c2nccc(C(F)(F)F)n2)CC1. The van der Waals surface area contributed by atoms with Crippen LogP contribution in [0.4, 0.5) is 19.1 Å². The molecular formula is C30H29F3IN5O4S. The lowest BCUT2D eigenvalue weighted by atomic mass is 9.96. The quantitative estimate of drug-likeness (QED) is 0.186. The number of carboxylic acid groups (broad SMARTS) is 1. The number of aliphatic carboxylic acids is 1. The van der Waals surface area contributed by atoms with E-state index in [1.54, 1.807) is 17.0 Å². The van der Waals surface area contributed by atoms with Crippen LogP contribution in [-0.4, -0.2) is 57.7 Å². The number of halogens is 4. The molecule has 3 N–H and O–H groups in total. The number of aromatic nitrogens is 2. The van der Waals surface area contributed by atoms with Gasteiger partial charge in [-0.2, -0.15) is 24.9 Å². The lowest BCUT2D eigenvalue weighted by Gasteiger charge is -2.31. The number of carbonyl (C=O) groups is 3. The highest BCUT2D eigenvalue weighted by molar-refractivity contribution is 14.1. The summed E-state index contributed by atoms with van der Waals surface area (Å²) in [6.07, 6.45) is -1.49. The van der Waals surface area contributed by atoms with E-state index in [1.807, 2.05) is 42.5 Å². The number of carbonyl (C=O) groups excluding carboxylic acids is 2. The number of thioether (sulfide) groups is 1. The molecule has 0 spiro atoms. The maximum absolute atomic E-state index is 13.3. The van der Waals surface area contributed by atoms with Crippen LogP contribution >= 0.6 is 34.4 Å². The highest BCUT2D eigenvalue weighted by atomic mass is 127. The largest absolute Gasteiger partial charge is 0.480 e. The number of nitrogens with zero attached hydrogens (tertiary/aromatic N) is 3. The standard InChI is InChI=1S/C30H29F3IN5O4S/c31-30(32,33)25-10-13-35-29(38-25)39-14-11-21(12-15-39)26(40)36-23(16-19-6-8-22(34)9-7-19)27(41)37-24(28(42)43)18-44-17-20-4-2-1-3-5-20/h1-10,13,16,21,24H,11-12,14-15,17-18H2,(H,36,40)(H,37,41)(H,42,43)/t24-/m0/s1.